The summed E-state index contributed by atoms with van der Waals surface area (Å²) in [5.74, 6) is -0.109. The second-order valence-electron chi connectivity index (χ2n) is 4.91. The smallest absolute Gasteiger partial charge is 0.241 e. The summed E-state index contributed by atoms with van der Waals surface area (Å²) in [4.78, 5) is 15.5. The van der Waals surface area contributed by atoms with Gasteiger partial charge in [0, 0.05) is 16.4 Å². The predicted molar refractivity (Wildman–Crippen MR) is 98.0 cm³/mol. The van der Waals surface area contributed by atoms with Gasteiger partial charge in [0.05, 0.1) is 20.5 Å². The SMILES string of the molecule is CC(C(=O)Nc1ccc(Cl)cc1Cl)N(C)Cc1ccc(Br)s1. The van der Waals surface area contributed by atoms with Crippen molar-refractivity contribution >= 4 is 62.1 Å². The molecule has 7 heteroatoms. The van der Waals surface area contributed by atoms with E-state index in [-0.39, 0.29) is 11.9 Å². The topological polar surface area (TPSA) is 32.3 Å². The Labute approximate surface area is 152 Å². The third-order valence-electron chi connectivity index (χ3n) is 3.26. The van der Waals surface area contributed by atoms with E-state index in [1.165, 1.54) is 4.88 Å². The first-order valence-electron chi connectivity index (χ1n) is 6.57. The van der Waals surface area contributed by atoms with Gasteiger partial charge in [-0.3, -0.25) is 9.69 Å². The first-order valence-corrected chi connectivity index (χ1v) is 8.93. The van der Waals surface area contributed by atoms with Crippen molar-refractivity contribution in [3.8, 4) is 0 Å². The van der Waals surface area contributed by atoms with E-state index in [1.807, 2.05) is 31.0 Å². The molecule has 1 aromatic heterocycles. The molecule has 0 aliphatic rings. The zero-order valence-electron chi connectivity index (χ0n) is 12.1. The van der Waals surface area contributed by atoms with Crippen LogP contribution in [0.5, 0.6) is 0 Å². The molecule has 2 aromatic rings. The number of hydrogen-bond donors (Lipinski definition) is 1. The molecule has 0 saturated heterocycles. The van der Waals surface area contributed by atoms with Crippen LogP contribution in [-0.2, 0) is 11.3 Å². The van der Waals surface area contributed by atoms with E-state index in [9.17, 15) is 4.79 Å². The molecule has 1 unspecified atom stereocenters. The number of carbonyl (C=O) groups excluding carboxylic acids is 1. The van der Waals surface area contributed by atoms with Crippen molar-refractivity contribution in [1.29, 1.82) is 0 Å². The lowest BCUT2D eigenvalue weighted by Gasteiger charge is -2.23. The summed E-state index contributed by atoms with van der Waals surface area (Å²) >= 11 is 17.0. The highest BCUT2D eigenvalue weighted by atomic mass is 79.9. The molecular weight excluding hydrogens is 407 g/mol. The van der Waals surface area contributed by atoms with Crippen molar-refractivity contribution < 1.29 is 4.79 Å². The fourth-order valence-corrected chi connectivity index (χ4v) is 3.85. The monoisotopic (exact) mass is 420 g/mol. The maximum Gasteiger partial charge on any atom is 0.241 e. The van der Waals surface area contributed by atoms with Gasteiger partial charge in [-0.1, -0.05) is 23.2 Å². The van der Waals surface area contributed by atoms with Crippen LogP contribution in [0.1, 0.15) is 11.8 Å². The van der Waals surface area contributed by atoms with Gasteiger partial charge in [-0.25, -0.2) is 0 Å². The molecule has 1 aromatic carbocycles. The van der Waals surface area contributed by atoms with Crippen molar-refractivity contribution in [2.24, 2.45) is 0 Å². The summed E-state index contributed by atoms with van der Waals surface area (Å²) in [7, 11) is 1.92. The molecular formula is C15H15BrCl2N2OS. The minimum atomic E-state index is -0.285. The number of carbonyl (C=O) groups is 1. The van der Waals surface area contributed by atoms with Crippen LogP contribution in [0, 0.1) is 0 Å². The molecule has 1 amide bonds. The van der Waals surface area contributed by atoms with Crippen LogP contribution in [-0.4, -0.2) is 23.9 Å². The van der Waals surface area contributed by atoms with Gasteiger partial charge in [-0.05, 0) is 60.2 Å². The number of benzene rings is 1. The molecule has 2 rings (SSSR count). The summed E-state index contributed by atoms with van der Waals surface area (Å²) in [6, 6.07) is 8.77. The van der Waals surface area contributed by atoms with Gasteiger partial charge < -0.3 is 5.32 Å². The quantitative estimate of drug-likeness (QED) is 0.712. The zero-order chi connectivity index (χ0) is 16.3. The summed E-state index contributed by atoms with van der Waals surface area (Å²) < 4.78 is 1.08. The van der Waals surface area contributed by atoms with E-state index in [0.29, 0.717) is 22.3 Å². The lowest BCUT2D eigenvalue weighted by molar-refractivity contribution is -0.120. The van der Waals surface area contributed by atoms with E-state index in [4.69, 9.17) is 23.2 Å². The van der Waals surface area contributed by atoms with Crippen LogP contribution >= 0.6 is 50.5 Å². The normalized spacial score (nSPS) is 12.5. The highest BCUT2D eigenvalue weighted by Gasteiger charge is 2.19. The Morgan fingerprint density at radius 1 is 1.36 bits per heavy atom. The Morgan fingerprint density at radius 3 is 2.68 bits per heavy atom. The molecule has 0 aliphatic carbocycles. The number of halogens is 3. The second-order valence-corrected chi connectivity index (χ2v) is 8.30. The molecule has 118 valence electrons. The molecule has 3 nitrogen and oxygen atoms in total. The average molecular weight is 422 g/mol. The van der Waals surface area contributed by atoms with Crippen molar-refractivity contribution in [2.45, 2.75) is 19.5 Å². The Balaban J connectivity index is 1.98. The standard InChI is InChI=1S/C15H15BrCl2N2OS/c1-9(20(2)8-11-4-6-14(16)22-11)15(21)19-13-5-3-10(17)7-12(13)18/h3-7,9H,8H2,1-2H3,(H,19,21). The van der Waals surface area contributed by atoms with E-state index >= 15 is 0 Å². The molecule has 0 radical (unpaired) electrons. The van der Waals surface area contributed by atoms with Gasteiger partial charge in [0.1, 0.15) is 0 Å². The minimum absolute atomic E-state index is 0.109. The Bertz CT molecular complexity index is 677. The highest BCUT2D eigenvalue weighted by molar-refractivity contribution is 9.11. The largest absolute Gasteiger partial charge is 0.323 e. The summed E-state index contributed by atoms with van der Waals surface area (Å²) in [6.45, 7) is 2.57. The van der Waals surface area contributed by atoms with Crippen LogP contribution in [0.15, 0.2) is 34.1 Å². The first-order chi connectivity index (χ1) is 10.4. The van der Waals surface area contributed by atoms with Crippen LogP contribution in [0.3, 0.4) is 0 Å². The van der Waals surface area contributed by atoms with Gasteiger partial charge in [-0.15, -0.1) is 11.3 Å². The molecule has 22 heavy (non-hydrogen) atoms. The maximum absolute atomic E-state index is 12.3. The number of rotatable bonds is 5. The molecule has 0 fully saturated rings. The van der Waals surface area contributed by atoms with Crippen LogP contribution in [0.25, 0.3) is 0 Å². The van der Waals surface area contributed by atoms with Crippen molar-refractivity contribution in [3.05, 3.63) is 49.0 Å². The highest BCUT2D eigenvalue weighted by Crippen LogP contribution is 2.26. The van der Waals surface area contributed by atoms with Crippen molar-refractivity contribution in [2.75, 3.05) is 12.4 Å². The third-order valence-corrected chi connectivity index (χ3v) is 5.42. The van der Waals surface area contributed by atoms with Crippen LogP contribution < -0.4 is 5.32 Å². The summed E-state index contributed by atoms with van der Waals surface area (Å²) in [5, 5.41) is 3.80. The summed E-state index contributed by atoms with van der Waals surface area (Å²) in [5.41, 5.74) is 0.565. The van der Waals surface area contributed by atoms with E-state index in [0.717, 1.165) is 3.79 Å². The van der Waals surface area contributed by atoms with Crippen molar-refractivity contribution in [1.82, 2.24) is 4.90 Å². The van der Waals surface area contributed by atoms with Gasteiger partial charge >= 0.3 is 0 Å². The number of likely N-dealkylation sites (N-methyl/N-ethyl adjacent to an activating group) is 1. The minimum Gasteiger partial charge on any atom is -0.323 e. The fraction of sp³-hybridized carbons (Fsp3) is 0.267. The molecule has 1 N–H and O–H groups in total. The molecule has 1 atom stereocenters. The molecule has 0 saturated carbocycles. The van der Waals surface area contributed by atoms with Crippen molar-refractivity contribution in [3.63, 3.8) is 0 Å². The van der Waals surface area contributed by atoms with Gasteiger partial charge in [0.2, 0.25) is 5.91 Å². The Hall–Kier alpha value is -0.590. The number of amides is 1. The second kappa shape index (κ2) is 7.79. The Kier molecular flexibility index (Phi) is 6.29. The van der Waals surface area contributed by atoms with Gasteiger partial charge in [0.15, 0.2) is 0 Å². The van der Waals surface area contributed by atoms with Crippen LogP contribution in [0.2, 0.25) is 10.0 Å². The molecule has 0 bridgehead atoms. The number of hydrogen-bond acceptors (Lipinski definition) is 3. The molecule has 0 spiro atoms. The van der Waals surface area contributed by atoms with Crippen LogP contribution in [0.4, 0.5) is 5.69 Å². The lowest BCUT2D eigenvalue weighted by atomic mass is 10.2. The number of nitrogens with one attached hydrogen (secondary N) is 1. The number of thiophene rings is 1. The molecule has 1 heterocycles. The third kappa shape index (κ3) is 4.70. The Morgan fingerprint density at radius 2 is 2.09 bits per heavy atom. The fourth-order valence-electron chi connectivity index (χ4n) is 1.85. The lowest BCUT2D eigenvalue weighted by Crippen LogP contribution is -2.39. The van der Waals surface area contributed by atoms with E-state index in [1.54, 1.807) is 29.5 Å². The summed E-state index contributed by atoms with van der Waals surface area (Å²) in [6.07, 6.45) is 0. The zero-order valence-corrected chi connectivity index (χ0v) is 16.0. The van der Waals surface area contributed by atoms with E-state index < -0.39 is 0 Å². The molecule has 0 aliphatic heterocycles. The average Bonchev–Trinajstić information content (AvgIpc) is 2.86. The first kappa shape index (κ1) is 17.8. The number of anilines is 1. The van der Waals surface area contributed by atoms with E-state index in [2.05, 4.69) is 21.2 Å². The predicted octanol–water partition coefficient (Wildman–Crippen LogP) is 5.28. The van der Waals surface area contributed by atoms with Gasteiger partial charge in [-0.2, -0.15) is 0 Å². The number of nitrogens with zero attached hydrogens (tertiary/aromatic N) is 1. The van der Waals surface area contributed by atoms with Gasteiger partial charge in [0.25, 0.3) is 0 Å². The maximum atomic E-state index is 12.3.